The highest BCUT2D eigenvalue weighted by molar-refractivity contribution is 6.02. The summed E-state index contributed by atoms with van der Waals surface area (Å²) < 4.78 is 6.70. The topological polar surface area (TPSA) is 16.4 Å². The van der Waals surface area contributed by atoms with Crippen LogP contribution in [0.1, 0.15) is 0 Å². The van der Waals surface area contributed by atoms with Crippen LogP contribution in [0.3, 0.4) is 0 Å². The zero-order valence-corrected chi connectivity index (χ0v) is 34.0. The van der Waals surface area contributed by atoms with Crippen LogP contribution in [-0.2, 0) is 0 Å². The number of furan rings is 1. The van der Waals surface area contributed by atoms with E-state index >= 15 is 0 Å². The van der Waals surface area contributed by atoms with Crippen molar-refractivity contribution < 1.29 is 4.42 Å². The number of anilines is 3. The first-order valence-electron chi connectivity index (χ1n) is 21.2. The summed E-state index contributed by atoms with van der Waals surface area (Å²) in [6.07, 6.45) is 0. The van der Waals surface area contributed by atoms with Gasteiger partial charge in [-0.2, -0.15) is 0 Å². The molecule has 0 saturated heterocycles. The van der Waals surface area contributed by atoms with Gasteiger partial charge in [-0.15, -0.1) is 0 Å². The Kier molecular flexibility index (Phi) is 9.57. The molecule has 0 aliphatic carbocycles. The average molecular weight is 792 g/mol. The molecule has 2 heteroatoms. The van der Waals surface area contributed by atoms with E-state index < -0.39 is 0 Å². The Morgan fingerprint density at radius 2 is 0.742 bits per heavy atom. The molecule has 10 aromatic carbocycles. The van der Waals surface area contributed by atoms with E-state index in [9.17, 15) is 0 Å². The molecule has 0 atom stereocenters. The van der Waals surface area contributed by atoms with Crippen LogP contribution >= 0.6 is 0 Å². The van der Waals surface area contributed by atoms with E-state index in [-0.39, 0.29) is 0 Å². The zero-order chi connectivity index (χ0) is 41.2. The Hall–Kier alpha value is -8.20. The summed E-state index contributed by atoms with van der Waals surface area (Å²) in [6.45, 7) is 0. The molecular weight excluding hydrogens is 751 g/mol. The molecule has 2 nitrogen and oxygen atoms in total. The van der Waals surface area contributed by atoms with Crippen molar-refractivity contribution in [2.24, 2.45) is 0 Å². The third kappa shape index (κ3) is 7.04. The molecule has 0 radical (unpaired) electrons. The van der Waals surface area contributed by atoms with Crippen molar-refractivity contribution in [3.63, 3.8) is 0 Å². The molecular formula is C60H41NO. The normalized spacial score (nSPS) is 11.2. The van der Waals surface area contributed by atoms with E-state index in [0.29, 0.717) is 0 Å². The van der Waals surface area contributed by atoms with E-state index in [1.54, 1.807) is 0 Å². The van der Waals surface area contributed by atoms with Gasteiger partial charge in [-0.3, -0.25) is 0 Å². The molecule has 62 heavy (non-hydrogen) atoms. The molecule has 0 aliphatic heterocycles. The highest BCUT2D eigenvalue weighted by Gasteiger charge is 2.20. The van der Waals surface area contributed by atoms with Crippen molar-refractivity contribution in [1.82, 2.24) is 0 Å². The van der Waals surface area contributed by atoms with Gasteiger partial charge >= 0.3 is 0 Å². The Balaban J connectivity index is 0.986. The summed E-state index contributed by atoms with van der Waals surface area (Å²) in [5.41, 5.74) is 16.8. The number of hydrogen-bond donors (Lipinski definition) is 0. The minimum absolute atomic E-state index is 0.856. The highest BCUT2D eigenvalue weighted by atomic mass is 16.3. The summed E-state index contributed by atoms with van der Waals surface area (Å²) in [6, 6.07) is 88.8. The predicted molar refractivity (Wildman–Crippen MR) is 261 cm³/mol. The van der Waals surface area contributed by atoms with Gasteiger partial charge in [-0.05, 0) is 109 Å². The Morgan fingerprint density at radius 3 is 1.44 bits per heavy atom. The van der Waals surface area contributed by atoms with E-state index in [1.807, 2.05) is 6.07 Å². The van der Waals surface area contributed by atoms with Crippen LogP contribution in [0, 0.1) is 0 Å². The largest absolute Gasteiger partial charge is 0.455 e. The number of benzene rings is 10. The zero-order valence-electron chi connectivity index (χ0n) is 34.0. The van der Waals surface area contributed by atoms with E-state index in [1.165, 1.54) is 49.7 Å². The Labute approximate surface area is 362 Å². The molecule has 1 aromatic heterocycles. The van der Waals surface area contributed by atoms with Crippen molar-refractivity contribution in [2.75, 3.05) is 4.90 Å². The second-order valence-corrected chi connectivity index (χ2v) is 15.7. The average Bonchev–Trinajstić information content (AvgIpc) is 3.75. The van der Waals surface area contributed by atoms with Crippen molar-refractivity contribution in [3.8, 4) is 67.0 Å². The van der Waals surface area contributed by atoms with Gasteiger partial charge < -0.3 is 9.32 Å². The standard InChI is InChI=1S/C60H41NO/c1-3-14-42(15-4-1)43-28-30-44(31-29-43)45-32-36-52(37-33-45)61(54-23-12-22-51(41-54)60-59(48-17-5-2-6-18-48)57-25-9-10-27-58(57)62-60)53-38-34-46(35-39-53)49-20-11-21-50(40-49)56-26-13-19-47-16-7-8-24-55(47)56/h1-41H. The smallest absolute Gasteiger partial charge is 0.143 e. The van der Waals surface area contributed by atoms with Gasteiger partial charge in [0.1, 0.15) is 11.3 Å². The Bertz CT molecular complexity index is 3310. The molecule has 0 amide bonds. The summed E-state index contributed by atoms with van der Waals surface area (Å²) in [7, 11) is 0. The summed E-state index contributed by atoms with van der Waals surface area (Å²) in [5.74, 6) is 0.856. The fourth-order valence-electron chi connectivity index (χ4n) is 8.81. The first-order valence-corrected chi connectivity index (χ1v) is 21.2. The van der Waals surface area contributed by atoms with Crippen LogP contribution in [0.2, 0.25) is 0 Å². The lowest BCUT2D eigenvalue weighted by molar-refractivity contribution is 0.632. The summed E-state index contributed by atoms with van der Waals surface area (Å²) in [4.78, 5) is 2.34. The lowest BCUT2D eigenvalue weighted by Crippen LogP contribution is -2.10. The molecule has 0 fully saturated rings. The van der Waals surface area contributed by atoms with Crippen LogP contribution in [0.25, 0.3) is 88.7 Å². The number of fused-ring (bicyclic) bond motifs is 2. The maximum absolute atomic E-state index is 6.70. The maximum Gasteiger partial charge on any atom is 0.143 e. The molecule has 0 aliphatic rings. The quantitative estimate of drug-likeness (QED) is 0.145. The van der Waals surface area contributed by atoms with Crippen molar-refractivity contribution >= 4 is 38.8 Å². The summed E-state index contributed by atoms with van der Waals surface area (Å²) >= 11 is 0. The minimum atomic E-state index is 0.856. The Morgan fingerprint density at radius 1 is 0.274 bits per heavy atom. The number of nitrogens with zero attached hydrogens (tertiary/aromatic N) is 1. The fraction of sp³-hybridized carbons (Fsp3) is 0. The molecule has 0 spiro atoms. The monoisotopic (exact) mass is 791 g/mol. The van der Waals surface area contributed by atoms with Gasteiger partial charge in [0.15, 0.2) is 0 Å². The molecule has 1 heterocycles. The van der Waals surface area contributed by atoms with Crippen LogP contribution in [0.5, 0.6) is 0 Å². The molecule has 11 rings (SSSR count). The van der Waals surface area contributed by atoms with Gasteiger partial charge in [0, 0.05) is 33.6 Å². The molecule has 0 N–H and O–H groups in total. The third-order valence-corrected chi connectivity index (χ3v) is 11.9. The highest BCUT2D eigenvalue weighted by Crippen LogP contribution is 2.44. The van der Waals surface area contributed by atoms with Gasteiger partial charge in [0.2, 0.25) is 0 Å². The first-order chi connectivity index (χ1) is 30.7. The van der Waals surface area contributed by atoms with E-state index in [2.05, 4.69) is 248 Å². The minimum Gasteiger partial charge on any atom is -0.455 e. The van der Waals surface area contributed by atoms with E-state index in [0.717, 1.165) is 56.0 Å². The molecule has 0 saturated carbocycles. The lowest BCUT2D eigenvalue weighted by Gasteiger charge is -2.26. The van der Waals surface area contributed by atoms with Gasteiger partial charge in [0.05, 0.1) is 0 Å². The number of rotatable bonds is 9. The van der Waals surface area contributed by atoms with E-state index in [4.69, 9.17) is 4.42 Å². The molecule has 0 bridgehead atoms. The van der Waals surface area contributed by atoms with Gasteiger partial charge in [-0.1, -0.05) is 200 Å². The van der Waals surface area contributed by atoms with Crippen molar-refractivity contribution in [3.05, 3.63) is 249 Å². The molecule has 292 valence electrons. The van der Waals surface area contributed by atoms with Crippen LogP contribution in [-0.4, -0.2) is 0 Å². The van der Waals surface area contributed by atoms with Crippen LogP contribution < -0.4 is 4.90 Å². The molecule has 11 aromatic rings. The maximum atomic E-state index is 6.70. The number of hydrogen-bond acceptors (Lipinski definition) is 2. The number of para-hydroxylation sites is 1. The van der Waals surface area contributed by atoms with Gasteiger partial charge in [0.25, 0.3) is 0 Å². The van der Waals surface area contributed by atoms with Crippen LogP contribution in [0.4, 0.5) is 17.1 Å². The lowest BCUT2D eigenvalue weighted by atomic mass is 9.95. The first kappa shape index (κ1) is 36.8. The third-order valence-electron chi connectivity index (χ3n) is 11.9. The predicted octanol–water partition coefficient (Wildman–Crippen LogP) is 17.1. The second-order valence-electron chi connectivity index (χ2n) is 15.7. The second kappa shape index (κ2) is 16.1. The van der Waals surface area contributed by atoms with Crippen molar-refractivity contribution in [1.29, 1.82) is 0 Å². The van der Waals surface area contributed by atoms with Crippen molar-refractivity contribution in [2.45, 2.75) is 0 Å². The SMILES string of the molecule is c1ccc(-c2ccc(-c3ccc(N(c4ccc(-c5cccc(-c6cccc7ccccc67)c5)cc4)c4cccc(-c5oc6ccccc6c5-c5ccccc5)c4)cc3)cc2)cc1. The van der Waals surface area contributed by atoms with Crippen LogP contribution in [0.15, 0.2) is 253 Å². The summed E-state index contributed by atoms with van der Waals surface area (Å²) in [5, 5.41) is 3.60. The molecule has 0 unspecified atom stereocenters. The van der Waals surface area contributed by atoms with Gasteiger partial charge in [-0.25, -0.2) is 0 Å². The fourth-order valence-corrected chi connectivity index (χ4v) is 8.81.